The number of rotatable bonds is 4. The third kappa shape index (κ3) is 3.37. The Bertz CT molecular complexity index is 828. The van der Waals surface area contributed by atoms with Crippen LogP contribution >= 0.6 is 0 Å². The summed E-state index contributed by atoms with van der Waals surface area (Å²) in [7, 11) is 0. The molecule has 1 heterocycles. The van der Waals surface area contributed by atoms with Gasteiger partial charge in [-0.1, -0.05) is 24.3 Å². The highest BCUT2D eigenvalue weighted by molar-refractivity contribution is 5.92. The molecule has 0 radical (unpaired) electrons. The lowest BCUT2D eigenvalue weighted by Crippen LogP contribution is -2.23. The third-order valence-corrected chi connectivity index (χ3v) is 3.29. The predicted octanol–water partition coefficient (Wildman–Crippen LogP) is 2.99. The number of halogens is 1. The molecule has 0 atom stereocenters. The average Bonchev–Trinajstić information content (AvgIpc) is 3.04. The molecule has 6 heteroatoms. The fourth-order valence-electron chi connectivity index (χ4n) is 2.07. The predicted molar refractivity (Wildman–Crippen MR) is 83.9 cm³/mol. The smallest absolute Gasteiger partial charge is 0.273 e. The second-order valence-electron chi connectivity index (χ2n) is 4.93. The molecule has 5 nitrogen and oxygen atoms in total. The summed E-state index contributed by atoms with van der Waals surface area (Å²) in [4.78, 5) is 16.2. The van der Waals surface area contributed by atoms with Crippen LogP contribution < -0.4 is 11.1 Å². The van der Waals surface area contributed by atoms with E-state index in [1.165, 1.54) is 18.4 Å². The second kappa shape index (κ2) is 6.31. The average molecular weight is 311 g/mol. The van der Waals surface area contributed by atoms with Gasteiger partial charge in [-0.2, -0.15) is 0 Å². The van der Waals surface area contributed by atoms with Crippen LogP contribution in [-0.4, -0.2) is 10.9 Å². The number of amides is 1. The van der Waals surface area contributed by atoms with E-state index in [4.69, 9.17) is 10.2 Å². The Kier molecular flexibility index (Phi) is 4.05. The maximum atomic E-state index is 12.8. The zero-order valence-corrected chi connectivity index (χ0v) is 12.1. The van der Waals surface area contributed by atoms with Crippen molar-refractivity contribution in [1.82, 2.24) is 10.3 Å². The minimum Gasteiger partial charge on any atom is -0.444 e. The van der Waals surface area contributed by atoms with Gasteiger partial charge < -0.3 is 15.5 Å². The van der Waals surface area contributed by atoms with Crippen molar-refractivity contribution < 1.29 is 13.6 Å². The first-order valence-corrected chi connectivity index (χ1v) is 6.96. The zero-order chi connectivity index (χ0) is 16.2. The number of nitrogens with two attached hydrogens (primary N) is 1. The summed E-state index contributed by atoms with van der Waals surface area (Å²) in [5.74, 6) is -0.407. The van der Waals surface area contributed by atoms with E-state index in [0.717, 1.165) is 5.56 Å². The molecule has 0 spiro atoms. The number of carbonyl (C=O) groups excluding carboxylic acids is 1. The molecule has 1 aromatic heterocycles. The monoisotopic (exact) mass is 311 g/mol. The quantitative estimate of drug-likeness (QED) is 0.726. The number of hydrogen-bond donors (Lipinski definition) is 2. The van der Waals surface area contributed by atoms with Gasteiger partial charge in [-0.3, -0.25) is 4.79 Å². The summed E-state index contributed by atoms with van der Waals surface area (Å²) in [5, 5.41) is 2.70. The van der Waals surface area contributed by atoms with Crippen LogP contribution in [0.1, 0.15) is 16.1 Å². The number of para-hydroxylation sites is 1. The van der Waals surface area contributed by atoms with Gasteiger partial charge in [0.15, 0.2) is 5.69 Å². The van der Waals surface area contributed by atoms with Gasteiger partial charge in [0.25, 0.3) is 5.91 Å². The van der Waals surface area contributed by atoms with Gasteiger partial charge in [-0.15, -0.1) is 0 Å². The van der Waals surface area contributed by atoms with Crippen molar-refractivity contribution in [2.24, 2.45) is 0 Å². The third-order valence-electron chi connectivity index (χ3n) is 3.29. The van der Waals surface area contributed by atoms with Gasteiger partial charge in [0.1, 0.15) is 12.1 Å². The van der Waals surface area contributed by atoms with Crippen LogP contribution in [0.5, 0.6) is 0 Å². The van der Waals surface area contributed by atoms with Crippen LogP contribution in [0.4, 0.5) is 10.1 Å². The number of anilines is 1. The molecule has 2 aromatic carbocycles. The Hall–Kier alpha value is -3.15. The number of benzene rings is 2. The molecule has 116 valence electrons. The summed E-state index contributed by atoms with van der Waals surface area (Å²) in [6.07, 6.45) is 1.28. The van der Waals surface area contributed by atoms with Gasteiger partial charge in [0.2, 0.25) is 5.89 Å². The molecule has 3 N–H and O–H groups in total. The number of hydrogen-bond acceptors (Lipinski definition) is 4. The molecule has 0 aliphatic rings. The van der Waals surface area contributed by atoms with E-state index in [2.05, 4.69) is 10.3 Å². The van der Waals surface area contributed by atoms with Crippen LogP contribution in [0.3, 0.4) is 0 Å². The van der Waals surface area contributed by atoms with E-state index in [1.54, 1.807) is 30.3 Å². The van der Waals surface area contributed by atoms with Crippen LogP contribution in [0.25, 0.3) is 11.5 Å². The Morgan fingerprint density at radius 3 is 2.65 bits per heavy atom. The first-order chi connectivity index (χ1) is 11.1. The van der Waals surface area contributed by atoms with Crippen LogP contribution in [0.15, 0.2) is 59.2 Å². The summed E-state index contributed by atoms with van der Waals surface area (Å²) in [6.45, 7) is 0.273. The Labute approximate surface area is 132 Å². The lowest BCUT2D eigenvalue weighted by Gasteiger charge is -2.03. The summed E-state index contributed by atoms with van der Waals surface area (Å²) >= 11 is 0. The molecule has 0 aliphatic heterocycles. The highest BCUT2D eigenvalue weighted by Gasteiger charge is 2.14. The van der Waals surface area contributed by atoms with Crippen molar-refractivity contribution in [3.8, 4) is 11.5 Å². The highest BCUT2D eigenvalue weighted by atomic mass is 19.1. The molecule has 1 amide bonds. The van der Waals surface area contributed by atoms with E-state index in [1.807, 2.05) is 6.07 Å². The van der Waals surface area contributed by atoms with Crippen molar-refractivity contribution in [1.29, 1.82) is 0 Å². The number of oxazole rings is 1. The molecule has 23 heavy (non-hydrogen) atoms. The number of carbonyl (C=O) groups is 1. The molecule has 0 saturated heterocycles. The molecule has 0 bridgehead atoms. The molecule has 3 rings (SSSR count). The fourth-order valence-corrected chi connectivity index (χ4v) is 2.07. The number of aromatic nitrogens is 1. The first-order valence-electron chi connectivity index (χ1n) is 6.96. The summed E-state index contributed by atoms with van der Waals surface area (Å²) in [6, 6.07) is 13.0. The standard InChI is InChI=1S/C17H14FN3O2/c18-12-7-5-11(6-8-12)9-20-16(22)15-10-23-17(21-15)13-3-1-2-4-14(13)19/h1-8,10H,9,19H2,(H,20,22). The van der Waals surface area contributed by atoms with Crippen LogP contribution in [-0.2, 0) is 6.54 Å². The van der Waals surface area contributed by atoms with Gasteiger partial charge in [0, 0.05) is 12.2 Å². The first kappa shape index (κ1) is 14.8. The Morgan fingerprint density at radius 1 is 1.17 bits per heavy atom. The fraction of sp³-hybridized carbons (Fsp3) is 0.0588. The SMILES string of the molecule is Nc1ccccc1-c1nc(C(=O)NCc2ccc(F)cc2)co1. The van der Waals surface area contributed by atoms with Gasteiger partial charge in [-0.05, 0) is 29.8 Å². The zero-order valence-electron chi connectivity index (χ0n) is 12.1. The minimum absolute atomic E-state index is 0.158. The Morgan fingerprint density at radius 2 is 1.91 bits per heavy atom. The normalized spacial score (nSPS) is 10.5. The lowest BCUT2D eigenvalue weighted by atomic mass is 10.2. The second-order valence-corrected chi connectivity index (χ2v) is 4.93. The van der Waals surface area contributed by atoms with Crippen LogP contribution in [0, 0.1) is 5.82 Å². The van der Waals surface area contributed by atoms with Gasteiger partial charge in [0.05, 0.1) is 5.56 Å². The Balaban J connectivity index is 1.69. The van der Waals surface area contributed by atoms with E-state index < -0.39 is 0 Å². The maximum Gasteiger partial charge on any atom is 0.273 e. The summed E-state index contributed by atoms with van der Waals surface area (Å²) < 4.78 is 18.1. The molecule has 3 aromatic rings. The number of nitrogens with one attached hydrogen (secondary N) is 1. The number of nitrogens with zero attached hydrogens (tertiary/aromatic N) is 1. The van der Waals surface area contributed by atoms with Crippen molar-refractivity contribution in [3.05, 3.63) is 71.9 Å². The molecule has 0 aliphatic carbocycles. The van der Waals surface area contributed by atoms with E-state index in [-0.39, 0.29) is 29.9 Å². The molecule has 0 fully saturated rings. The topological polar surface area (TPSA) is 81.1 Å². The van der Waals surface area contributed by atoms with Crippen molar-refractivity contribution in [3.63, 3.8) is 0 Å². The lowest BCUT2D eigenvalue weighted by molar-refractivity contribution is 0.0946. The van der Waals surface area contributed by atoms with E-state index in [0.29, 0.717) is 11.3 Å². The largest absolute Gasteiger partial charge is 0.444 e. The van der Waals surface area contributed by atoms with E-state index in [9.17, 15) is 9.18 Å². The van der Waals surface area contributed by atoms with Crippen LogP contribution in [0.2, 0.25) is 0 Å². The molecular weight excluding hydrogens is 297 g/mol. The van der Waals surface area contributed by atoms with Crippen molar-refractivity contribution in [2.45, 2.75) is 6.54 Å². The van der Waals surface area contributed by atoms with E-state index >= 15 is 0 Å². The number of nitrogen functional groups attached to an aromatic ring is 1. The van der Waals surface area contributed by atoms with Crippen molar-refractivity contribution in [2.75, 3.05) is 5.73 Å². The summed E-state index contributed by atoms with van der Waals surface area (Å²) in [5.41, 5.74) is 7.95. The van der Waals surface area contributed by atoms with Crippen molar-refractivity contribution >= 4 is 11.6 Å². The van der Waals surface area contributed by atoms with Gasteiger partial charge in [-0.25, -0.2) is 9.37 Å². The molecule has 0 saturated carbocycles. The molecule has 0 unspecified atom stereocenters. The van der Waals surface area contributed by atoms with Gasteiger partial charge >= 0.3 is 0 Å². The molecular formula is C17H14FN3O2. The highest BCUT2D eigenvalue weighted by Crippen LogP contribution is 2.24. The minimum atomic E-state index is -0.376. The maximum absolute atomic E-state index is 12.8.